The van der Waals surface area contributed by atoms with Crippen LogP contribution >= 0.6 is 0 Å². The normalized spacial score (nSPS) is 16.8. The average Bonchev–Trinajstić information content (AvgIpc) is 3.79. The first-order valence-corrected chi connectivity index (χ1v) is 16.8. The number of amides is 4. The molecule has 11 heteroatoms. The highest BCUT2D eigenvalue weighted by atomic mass is 16.2. The van der Waals surface area contributed by atoms with Gasteiger partial charge in [0.25, 0.3) is 5.91 Å². The van der Waals surface area contributed by atoms with E-state index < -0.39 is 12.1 Å². The fourth-order valence-electron chi connectivity index (χ4n) is 6.51. The summed E-state index contributed by atoms with van der Waals surface area (Å²) in [5.74, 6) is -0.636. The standard InChI is InChI=1S/C36H47N7O4/c1-3-32(44)39-30(36(47)43-21-19-42(20-22-43)25-28-9-5-4-6-10-28)23-26-13-15-27(16-14-26)24-37-35(46)33(29-11-7-8-12-29)40-34(45)31-17-18-38-41(31)2/h4-6,9-10,13-18,29-30,33H,3,7-8,11-12,19-25H2,1-2H3,(H,37,46)(H,39,44)(H,40,45)/t30?,33-/m0/s1. The van der Waals surface area contributed by atoms with Crippen molar-refractivity contribution in [2.24, 2.45) is 13.0 Å². The molecule has 11 nitrogen and oxygen atoms in total. The number of aryl methyl sites for hydroxylation is 1. The molecule has 250 valence electrons. The van der Waals surface area contributed by atoms with Crippen LogP contribution in [0.5, 0.6) is 0 Å². The molecule has 0 bridgehead atoms. The van der Waals surface area contributed by atoms with Crippen LogP contribution in [0.3, 0.4) is 0 Å². The predicted molar refractivity (Wildman–Crippen MR) is 179 cm³/mol. The Bertz CT molecular complexity index is 1490. The molecule has 2 aliphatic rings. The second-order valence-corrected chi connectivity index (χ2v) is 12.6. The summed E-state index contributed by atoms with van der Waals surface area (Å²) >= 11 is 0. The Morgan fingerprint density at radius 2 is 1.53 bits per heavy atom. The molecule has 1 aromatic heterocycles. The quantitative estimate of drug-likeness (QED) is 0.263. The molecule has 47 heavy (non-hydrogen) atoms. The van der Waals surface area contributed by atoms with Gasteiger partial charge in [0.15, 0.2) is 0 Å². The van der Waals surface area contributed by atoms with Crippen LogP contribution in [0, 0.1) is 5.92 Å². The summed E-state index contributed by atoms with van der Waals surface area (Å²) in [6, 6.07) is 18.4. The van der Waals surface area contributed by atoms with Crippen molar-refractivity contribution in [3.05, 3.63) is 89.2 Å². The third kappa shape index (κ3) is 9.28. The van der Waals surface area contributed by atoms with Crippen LogP contribution in [-0.2, 0) is 40.9 Å². The Morgan fingerprint density at radius 3 is 2.17 bits per heavy atom. The number of hydrogen-bond acceptors (Lipinski definition) is 6. The van der Waals surface area contributed by atoms with Gasteiger partial charge in [-0.05, 0) is 41.5 Å². The lowest BCUT2D eigenvalue weighted by atomic mass is 9.97. The van der Waals surface area contributed by atoms with Crippen LogP contribution in [0.4, 0.5) is 0 Å². The Kier molecular flexibility index (Phi) is 11.8. The maximum absolute atomic E-state index is 13.6. The fourth-order valence-corrected chi connectivity index (χ4v) is 6.51. The summed E-state index contributed by atoms with van der Waals surface area (Å²) in [6.07, 6.45) is 6.14. The molecule has 1 saturated carbocycles. The van der Waals surface area contributed by atoms with E-state index in [2.05, 4.69) is 38.1 Å². The van der Waals surface area contributed by atoms with E-state index in [0.29, 0.717) is 38.2 Å². The highest BCUT2D eigenvalue weighted by Gasteiger charge is 2.33. The fraction of sp³-hybridized carbons (Fsp3) is 0.472. The molecule has 3 N–H and O–H groups in total. The van der Waals surface area contributed by atoms with Crippen LogP contribution in [0.1, 0.15) is 66.2 Å². The average molecular weight is 642 g/mol. The molecule has 2 atom stereocenters. The Labute approximate surface area is 277 Å². The van der Waals surface area contributed by atoms with E-state index in [9.17, 15) is 19.2 Å². The van der Waals surface area contributed by atoms with Gasteiger partial charge in [-0.2, -0.15) is 5.10 Å². The molecule has 2 heterocycles. The van der Waals surface area contributed by atoms with Gasteiger partial charge in [0, 0.05) is 65.4 Å². The number of carbonyl (C=O) groups is 4. The molecule has 3 aromatic rings. The van der Waals surface area contributed by atoms with Crippen LogP contribution in [0.2, 0.25) is 0 Å². The number of rotatable bonds is 13. The van der Waals surface area contributed by atoms with Crippen LogP contribution < -0.4 is 16.0 Å². The topological polar surface area (TPSA) is 129 Å². The van der Waals surface area contributed by atoms with E-state index in [0.717, 1.165) is 56.4 Å². The molecular weight excluding hydrogens is 594 g/mol. The molecule has 4 amide bonds. The summed E-state index contributed by atoms with van der Waals surface area (Å²) in [5.41, 5.74) is 3.49. The summed E-state index contributed by atoms with van der Waals surface area (Å²) in [6.45, 7) is 5.75. The maximum Gasteiger partial charge on any atom is 0.270 e. The summed E-state index contributed by atoms with van der Waals surface area (Å²) in [7, 11) is 1.70. The lowest BCUT2D eigenvalue weighted by Crippen LogP contribution is -2.55. The minimum Gasteiger partial charge on any atom is -0.350 e. The van der Waals surface area contributed by atoms with Crippen molar-refractivity contribution in [1.82, 2.24) is 35.5 Å². The Balaban J connectivity index is 1.15. The second-order valence-electron chi connectivity index (χ2n) is 12.6. The molecule has 5 rings (SSSR count). The first-order chi connectivity index (χ1) is 22.8. The van der Waals surface area contributed by atoms with Gasteiger partial charge in [-0.3, -0.25) is 28.8 Å². The molecule has 1 aliphatic heterocycles. The van der Waals surface area contributed by atoms with Gasteiger partial charge in [0.1, 0.15) is 17.8 Å². The zero-order valence-corrected chi connectivity index (χ0v) is 27.5. The zero-order valence-electron chi connectivity index (χ0n) is 27.5. The smallest absolute Gasteiger partial charge is 0.270 e. The molecule has 0 radical (unpaired) electrons. The Hall–Kier alpha value is -4.51. The second kappa shape index (κ2) is 16.4. The van der Waals surface area contributed by atoms with Gasteiger partial charge in [0.2, 0.25) is 17.7 Å². The van der Waals surface area contributed by atoms with Gasteiger partial charge in [-0.1, -0.05) is 74.4 Å². The highest BCUT2D eigenvalue weighted by molar-refractivity contribution is 5.96. The Morgan fingerprint density at radius 1 is 0.851 bits per heavy atom. The van der Waals surface area contributed by atoms with Crippen molar-refractivity contribution in [2.75, 3.05) is 26.2 Å². The number of nitrogens with one attached hydrogen (secondary N) is 3. The van der Waals surface area contributed by atoms with Gasteiger partial charge in [-0.25, -0.2) is 0 Å². The van der Waals surface area contributed by atoms with E-state index in [1.807, 2.05) is 47.4 Å². The minimum absolute atomic E-state index is 0.0615. The van der Waals surface area contributed by atoms with E-state index in [4.69, 9.17) is 0 Å². The van der Waals surface area contributed by atoms with Crippen molar-refractivity contribution in [3.63, 3.8) is 0 Å². The van der Waals surface area contributed by atoms with Crippen molar-refractivity contribution < 1.29 is 19.2 Å². The first kappa shape index (κ1) is 33.8. The number of carbonyl (C=O) groups excluding carboxylic acids is 4. The van der Waals surface area contributed by atoms with E-state index >= 15 is 0 Å². The summed E-state index contributed by atoms with van der Waals surface area (Å²) < 4.78 is 1.50. The van der Waals surface area contributed by atoms with Gasteiger partial charge >= 0.3 is 0 Å². The third-order valence-electron chi connectivity index (χ3n) is 9.31. The number of aromatic nitrogens is 2. The molecule has 1 unspecified atom stereocenters. The molecule has 1 saturated heterocycles. The summed E-state index contributed by atoms with van der Waals surface area (Å²) in [4.78, 5) is 56.5. The van der Waals surface area contributed by atoms with Crippen LogP contribution in [0.15, 0.2) is 66.9 Å². The zero-order chi connectivity index (χ0) is 33.2. The van der Waals surface area contributed by atoms with E-state index in [1.54, 1.807) is 26.2 Å². The molecule has 2 fully saturated rings. The monoisotopic (exact) mass is 641 g/mol. The van der Waals surface area contributed by atoms with E-state index in [1.165, 1.54) is 10.2 Å². The molecule has 2 aromatic carbocycles. The van der Waals surface area contributed by atoms with Gasteiger partial charge in [-0.15, -0.1) is 0 Å². The SMILES string of the molecule is CCC(=O)NC(Cc1ccc(CNC(=O)[C@@H](NC(=O)c2ccnn2C)C2CCCC2)cc1)C(=O)N1CCN(Cc2ccccc2)CC1. The molecule has 0 spiro atoms. The largest absolute Gasteiger partial charge is 0.350 e. The summed E-state index contributed by atoms with van der Waals surface area (Å²) in [5, 5.41) is 13.0. The van der Waals surface area contributed by atoms with Crippen molar-refractivity contribution in [3.8, 4) is 0 Å². The number of benzene rings is 2. The molecular formula is C36H47N7O4. The van der Waals surface area contributed by atoms with Gasteiger partial charge in [0.05, 0.1) is 0 Å². The first-order valence-electron chi connectivity index (χ1n) is 16.8. The predicted octanol–water partition coefficient (Wildman–Crippen LogP) is 2.81. The number of hydrogen-bond donors (Lipinski definition) is 3. The lowest BCUT2D eigenvalue weighted by molar-refractivity contribution is -0.138. The van der Waals surface area contributed by atoms with Gasteiger partial charge < -0.3 is 20.9 Å². The highest BCUT2D eigenvalue weighted by Crippen LogP contribution is 2.28. The number of nitrogens with zero attached hydrogens (tertiary/aromatic N) is 4. The number of piperazine rings is 1. The van der Waals surface area contributed by atoms with Crippen LogP contribution in [-0.4, -0.2) is 81.5 Å². The van der Waals surface area contributed by atoms with Crippen molar-refractivity contribution >= 4 is 23.6 Å². The maximum atomic E-state index is 13.6. The van der Waals surface area contributed by atoms with Crippen molar-refractivity contribution in [1.29, 1.82) is 0 Å². The van der Waals surface area contributed by atoms with Crippen molar-refractivity contribution in [2.45, 2.75) is 70.6 Å². The minimum atomic E-state index is -0.649. The van der Waals surface area contributed by atoms with E-state index in [-0.39, 0.29) is 29.5 Å². The molecule has 1 aliphatic carbocycles. The van der Waals surface area contributed by atoms with Crippen LogP contribution in [0.25, 0.3) is 0 Å². The lowest BCUT2D eigenvalue weighted by Gasteiger charge is -2.36. The third-order valence-corrected chi connectivity index (χ3v) is 9.31.